The van der Waals surface area contributed by atoms with Gasteiger partial charge >= 0.3 is 0 Å². The molecule has 7 nitrogen and oxygen atoms in total. The van der Waals surface area contributed by atoms with Crippen molar-refractivity contribution in [2.75, 3.05) is 19.6 Å². The number of piperidine rings is 1. The summed E-state index contributed by atoms with van der Waals surface area (Å²) in [5.74, 6) is 1.23. The highest BCUT2D eigenvalue weighted by atomic mass is 16.5. The Labute approximate surface area is 203 Å². The second-order valence-electron chi connectivity index (χ2n) is 10.3. The third-order valence-corrected chi connectivity index (χ3v) is 7.39. The molecule has 0 spiro atoms. The zero-order valence-corrected chi connectivity index (χ0v) is 20.7. The van der Waals surface area contributed by atoms with Crippen LogP contribution in [0.4, 0.5) is 0 Å². The lowest BCUT2D eigenvalue weighted by Gasteiger charge is -2.36. The molecule has 0 unspecified atom stereocenters. The SMILES string of the molecule is CC(C)OC1CCC(C(=O)N2CCC(CCCCNC(=O)c3ccc4nccn4c3)CC2)CC1. The normalized spacial score (nSPS) is 21.8. The minimum Gasteiger partial charge on any atom is -0.376 e. The summed E-state index contributed by atoms with van der Waals surface area (Å²) in [7, 11) is 0. The van der Waals surface area contributed by atoms with Crippen LogP contribution in [0.3, 0.4) is 0 Å². The Morgan fingerprint density at radius 2 is 1.85 bits per heavy atom. The van der Waals surface area contributed by atoms with Gasteiger partial charge in [-0.3, -0.25) is 9.59 Å². The largest absolute Gasteiger partial charge is 0.376 e. The van der Waals surface area contributed by atoms with E-state index >= 15 is 0 Å². The third-order valence-electron chi connectivity index (χ3n) is 7.39. The number of imidazole rings is 1. The van der Waals surface area contributed by atoms with Crippen LogP contribution in [0.5, 0.6) is 0 Å². The lowest BCUT2D eigenvalue weighted by molar-refractivity contribution is -0.139. The number of unbranched alkanes of at least 4 members (excludes halogenated alkanes) is 1. The number of amides is 2. The van der Waals surface area contributed by atoms with E-state index < -0.39 is 0 Å². The molecule has 2 aliphatic rings. The quantitative estimate of drug-likeness (QED) is 0.552. The number of carbonyl (C=O) groups is 2. The Morgan fingerprint density at radius 1 is 1.09 bits per heavy atom. The van der Waals surface area contributed by atoms with Crippen LogP contribution in [0.25, 0.3) is 5.65 Å². The van der Waals surface area contributed by atoms with Crippen LogP contribution in [0.2, 0.25) is 0 Å². The van der Waals surface area contributed by atoms with Crippen molar-refractivity contribution in [2.45, 2.75) is 83.8 Å². The van der Waals surface area contributed by atoms with Gasteiger partial charge in [0.25, 0.3) is 5.91 Å². The van der Waals surface area contributed by atoms with Crippen molar-refractivity contribution < 1.29 is 14.3 Å². The van der Waals surface area contributed by atoms with E-state index in [4.69, 9.17) is 4.74 Å². The minimum absolute atomic E-state index is 0.0350. The molecule has 0 aromatic carbocycles. The first-order valence-electron chi connectivity index (χ1n) is 13.1. The second-order valence-corrected chi connectivity index (χ2v) is 10.3. The molecule has 1 aliphatic heterocycles. The summed E-state index contributed by atoms with van der Waals surface area (Å²) in [6, 6.07) is 3.68. The lowest BCUT2D eigenvalue weighted by atomic mass is 9.85. The van der Waals surface area contributed by atoms with E-state index in [1.807, 2.05) is 28.9 Å². The van der Waals surface area contributed by atoms with Gasteiger partial charge in [-0.05, 0) is 76.8 Å². The van der Waals surface area contributed by atoms with E-state index in [1.54, 1.807) is 6.20 Å². The monoisotopic (exact) mass is 468 g/mol. The van der Waals surface area contributed by atoms with Crippen LogP contribution in [0, 0.1) is 11.8 Å². The molecule has 0 bridgehead atoms. The van der Waals surface area contributed by atoms with Gasteiger partial charge in [0.2, 0.25) is 5.91 Å². The number of rotatable bonds is 9. The van der Waals surface area contributed by atoms with Crippen LogP contribution in [0.15, 0.2) is 30.7 Å². The number of fused-ring (bicyclic) bond motifs is 1. The number of carbonyl (C=O) groups excluding carboxylic acids is 2. The molecule has 1 N–H and O–H groups in total. The molecule has 1 saturated heterocycles. The maximum Gasteiger partial charge on any atom is 0.252 e. The van der Waals surface area contributed by atoms with Gasteiger partial charge in [-0.2, -0.15) is 0 Å². The molecule has 4 rings (SSSR count). The number of likely N-dealkylation sites (tertiary alicyclic amines) is 1. The fraction of sp³-hybridized carbons (Fsp3) is 0.667. The summed E-state index contributed by atoms with van der Waals surface area (Å²) < 4.78 is 7.79. The fourth-order valence-corrected chi connectivity index (χ4v) is 5.45. The molecule has 2 aromatic heterocycles. The summed E-state index contributed by atoms with van der Waals surface area (Å²) in [5.41, 5.74) is 1.50. The predicted molar refractivity (Wildman–Crippen MR) is 133 cm³/mol. The van der Waals surface area contributed by atoms with Gasteiger partial charge in [0.1, 0.15) is 5.65 Å². The number of nitrogens with zero attached hydrogens (tertiary/aromatic N) is 3. The van der Waals surface area contributed by atoms with Gasteiger partial charge in [0, 0.05) is 44.1 Å². The average molecular weight is 469 g/mol. The van der Waals surface area contributed by atoms with Crippen molar-refractivity contribution in [1.82, 2.24) is 19.6 Å². The number of hydrogen-bond donors (Lipinski definition) is 1. The standard InChI is InChI=1S/C27H40N4O3/c1-20(2)34-24-9-6-22(7-10-24)27(33)30-16-12-21(13-17-30)5-3-4-14-29-26(32)23-8-11-25-28-15-18-31(25)19-23/h8,11,15,18-22,24H,3-7,9-10,12-14,16-17H2,1-2H3,(H,29,32). The molecule has 34 heavy (non-hydrogen) atoms. The highest BCUT2D eigenvalue weighted by Crippen LogP contribution is 2.30. The van der Waals surface area contributed by atoms with E-state index in [1.165, 1.54) is 6.42 Å². The molecule has 3 heterocycles. The summed E-state index contributed by atoms with van der Waals surface area (Å²) >= 11 is 0. The molecule has 2 fully saturated rings. The van der Waals surface area contributed by atoms with Crippen molar-refractivity contribution in [3.63, 3.8) is 0 Å². The maximum atomic E-state index is 13.0. The van der Waals surface area contributed by atoms with E-state index in [-0.39, 0.29) is 17.9 Å². The zero-order valence-electron chi connectivity index (χ0n) is 20.7. The van der Waals surface area contributed by atoms with Crippen molar-refractivity contribution in [2.24, 2.45) is 11.8 Å². The Morgan fingerprint density at radius 3 is 2.59 bits per heavy atom. The summed E-state index contributed by atoms with van der Waals surface area (Å²) in [5, 5.41) is 3.03. The van der Waals surface area contributed by atoms with E-state index in [0.717, 1.165) is 70.1 Å². The molecular weight excluding hydrogens is 428 g/mol. The Hall–Kier alpha value is -2.41. The zero-order chi connectivity index (χ0) is 23.9. The molecule has 1 aliphatic carbocycles. The van der Waals surface area contributed by atoms with Crippen LogP contribution in [0.1, 0.15) is 82.0 Å². The van der Waals surface area contributed by atoms with Crippen molar-refractivity contribution >= 4 is 17.5 Å². The smallest absolute Gasteiger partial charge is 0.252 e. The van der Waals surface area contributed by atoms with Gasteiger partial charge in [0.05, 0.1) is 17.8 Å². The van der Waals surface area contributed by atoms with E-state index in [9.17, 15) is 9.59 Å². The topological polar surface area (TPSA) is 75.9 Å². The third kappa shape index (κ3) is 6.59. The van der Waals surface area contributed by atoms with Gasteiger partial charge in [-0.1, -0.05) is 12.8 Å². The molecular formula is C27H40N4O3. The summed E-state index contributed by atoms with van der Waals surface area (Å²) in [6.45, 7) is 6.67. The van der Waals surface area contributed by atoms with Crippen LogP contribution < -0.4 is 5.32 Å². The number of ether oxygens (including phenoxy) is 1. The molecule has 0 atom stereocenters. The fourth-order valence-electron chi connectivity index (χ4n) is 5.45. The summed E-state index contributed by atoms with van der Waals surface area (Å²) in [6.07, 6.45) is 15.4. The highest BCUT2D eigenvalue weighted by Gasteiger charge is 2.31. The van der Waals surface area contributed by atoms with Gasteiger partial charge in [-0.25, -0.2) is 4.98 Å². The number of pyridine rings is 1. The van der Waals surface area contributed by atoms with Crippen molar-refractivity contribution in [3.8, 4) is 0 Å². The van der Waals surface area contributed by atoms with Gasteiger partial charge in [-0.15, -0.1) is 0 Å². The minimum atomic E-state index is -0.0350. The first kappa shape index (κ1) is 24.7. The first-order chi connectivity index (χ1) is 16.5. The van der Waals surface area contributed by atoms with Crippen LogP contribution >= 0.6 is 0 Å². The first-order valence-corrected chi connectivity index (χ1v) is 13.1. The predicted octanol–water partition coefficient (Wildman–Crippen LogP) is 4.46. The Kier molecular flexibility index (Phi) is 8.59. The van der Waals surface area contributed by atoms with Crippen molar-refractivity contribution in [3.05, 3.63) is 36.3 Å². The number of aromatic nitrogens is 2. The van der Waals surface area contributed by atoms with E-state index in [0.29, 0.717) is 30.0 Å². The maximum absolute atomic E-state index is 13.0. The molecule has 0 radical (unpaired) electrons. The van der Waals surface area contributed by atoms with Crippen LogP contribution in [-0.2, 0) is 9.53 Å². The van der Waals surface area contributed by atoms with Crippen molar-refractivity contribution in [1.29, 1.82) is 0 Å². The second kappa shape index (κ2) is 11.8. The van der Waals surface area contributed by atoms with Crippen LogP contribution in [-0.4, -0.2) is 57.9 Å². The Balaban J connectivity index is 1.08. The van der Waals surface area contributed by atoms with Gasteiger partial charge < -0.3 is 19.4 Å². The lowest BCUT2D eigenvalue weighted by Crippen LogP contribution is -2.43. The van der Waals surface area contributed by atoms with E-state index in [2.05, 4.69) is 29.0 Å². The van der Waals surface area contributed by atoms with Gasteiger partial charge in [0.15, 0.2) is 0 Å². The molecule has 186 valence electrons. The number of hydrogen-bond acceptors (Lipinski definition) is 4. The summed E-state index contributed by atoms with van der Waals surface area (Å²) in [4.78, 5) is 31.7. The molecule has 1 saturated carbocycles. The Bertz CT molecular complexity index is 940. The molecule has 2 aromatic rings. The number of nitrogens with one attached hydrogen (secondary N) is 1. The molecule has 2 amide bonds. The highest BCUT2D eigenvalue weighted by molar-refractivity contribution is 5.94. The average Bonchev–Trinajstić information content (AvgIpc) is 3.32. The molecule has 7 heteroatoms.